The van der Waals surface area contributed by atoms with Crippen LogP contribution >= 0.6 is 12.4 Å². The molecule has 0 aromatic heterocycles. The van der Waals surface area contributed by atoms with Crippen LogP contribution in [0.25, 0.3) is 0 Å². The van der Waals surface area contributed by atoms with Crippen molar-refractivity contribution >= 4 is 18.3 Å². The molecule has 5 heteroatoms. The molecule has 2 aliphatic rings. The van der Waals surface area contributed by atoms with Crippen LogP contribution in [-0.4, -0.2) is 43.0 Å². The SMILES string of the molecule is CN(C)C1(CNC(=O)C2CCCC(N)C2)CCCCC1.Cl. The number of nitrogens with two attached hydrogens (primary N) is 1. The number of nitrogens with one attached hydrogen (secondary N) is 1. The molecule has 0 saturated heterocycles. The van der Waals surface area contributed by atoms with Crippen molar-refractivity contribution in [3.05, 3.63) is 0 Å². The van der Waals surface area contributed by atoms with Crippen molar-refractivity contribution in [1.82, 2.24) is 10.2 Å². The Kier molecular flexibility index (Phi) is 7.45. The number of halogens is 1. The van der Waals surface area contributed by atoms with Gasteiger partial charge in [0.2, 0.25) is 5.91 Å². The average Bonchev–Trinajstić information content (AvgIpc) is 2.45. The summed E-state index contributed by atoms with van der Waals surface area (Å²) in [4.78, 5) is 14.7. The Balaban J connectivity index is 0.00000220. The fourth-order valence-electron chi connectivity index (χ4n) is 3.85. The van der Waals surface area contributed by atoms with Gasteiger partial charge in [0.15, 0.2) is 0 Å². The molecule has 0 aromatic rings. The third-order valence-electron chi connectivity index (χ3n) is 5.41. The highest BCUT2D eigenvalue weighted by Crippen LogP contribution is 2.32. The van der Waals surface area contributed by atoms with Crippen molar-refractivity contribution < 1.29 is 4.79 Å². The third-order valence-corrected chi connectivity index (χ3v) is 5.41. The summed E-state index contributed by atoms with van der Waals surface area (Å²) in [6.07, 6.45) is 10.3. The summed E-state index contributed by atoms with van der Waals surface area (Å²) in [6, 6.07) is 0.219. The zero-order valence-electron chi connectivity index (χ0n) is 13.6. The van der Waals surface area contributed by atoms with Gasteiger partial charge in [0.1, 0.15) is 0 Å². The Bertz CT molecular complexity index is 329. The Hall–Kier alpha value is -0.320. The molecule has 4 nitrogen and oxygen atoms in total. The maximum Gasteiger partial charge on any atom is 0.223 e. The lowest BCUT2D eigenvalue weighted by molar-refractivity contribution is -0.126. The van der Waals surface area contributed by atoms with E-state index < -0.39 is 0 Å². The van der Waals surface area contributed by atoms with Crippen LogP contribution in [0.4, 0.5) is 0 Å². The van der Waals surface area contributed by atoms with E-state index >= 15 is 0 Å². The second kappa shape index (κ2) is 8.35. The second-order valence-corrected chi connectivity index (χ2v) is 7.02. The predicted molar refractivity (Wildman–Crippen MR) is 89.7 cm³/mol. The summed E-state index contributed by atoms with van der Waals surface area (Å²) in [5, 5.41) is 3.23. The molecule has 0 aliphatic heterocycles. The lowest BCUT2D eigenvalue weighted by atomic mass is 9.80. The summed E-state index contributed by atoms with van der Waals surface area (Å²) in [6.45, 7) is 0.796. The third kappa shape index (κ3) is 4.83. The van der Waals surface area contributed by atoms with Gasteiger partial charge < -0.3 is 16.0 Å². The molecule has 2 fully saturated rings. The van der Waals surface area contributed by atoms with E-state index in [0.717, 1.165) is 32.2 Å². The molecular formula is C16H32ClN3O. The Morgan fingerprint density at radius 1 is 1.19 bits per heavy atom. The fraction of sp³-hybridized carbons (Fsp3) is 0.938. The van der Waals surface area contributed by atoms with Gasteiger partial charge in [-0.3, -0.25) is 4.79 Å². The molecule has 2 saturated carbocycles. The first-order chi connectivity index (χ1) is 9.53. The first-order valence-electron chi connectivity index (χ1n) is 8.24. The summed E-state index contributed by atoms with van der Waals surface area (Å²) < 4.78 is 0. The fourth-order valence-corrected chi connectivity index (χ4v) is 3.85. The van der Waals surface area contributed by atoms with E-state index in [1.807, 2.05) is 0 Å². The van der Waals surface area contributed by atoms with Gasteiger partial charge in [0, 0.05) is 24.0 Å². The number of hydrogen-bond donors (Lipinski definition) is 2. The molecule has 0 bridgehead atoms. The van der Waals surface area contributed by atoms with E-state index in [9.17, 15) is 4.79 Å². The topological polar surface area (TPSA) is 58.4 Å². The van der Waals surface area contributed by atoms with Crippen LogP contribution in [-0.2, 0) is 4.79 Å². The number of carbonyl (C=O) groups excluding carboxylic acids is 1. The largest absolute Gasteiger partial charge is 0.354 e. The quantitative estimate of drug-likeness (QED) is 0.836. The molecule has 1 amide bonds. The van der Waals surface area contributed by atoms with E-state index in [1.165, 1.54) is 32.1 Å². The van der Waals surface area contributed by atoms with Gasteiger partial charge in [-0.05, 0) is 46.2 Å². The molecule has 0 aromatic carbocycles. The first-order valence-corrected chi connectivity index (χ1v) is 8.24. The molecule has 124 valence electrons. The van der Waals surface area contributed by atoms with Gasteiger partial charge in [-0.25, -0.2) is 0 Å². The lowest BCUT2D eigenvalue weighted by Gasteiger charge is -2.43. The van der Waals surface area contributed by atoms with E-state index in [0.29, 0.717) is 0 Å². The van der Waals surface area contributed by atoms with Crippen LogP contribution in [0, 0.1) is 5.92 Å². The maximum absolute atomic E-state index is 12.4. The van der Waals surface area contributed by atoms with Gasteiger partial charge in [-0.1, -0.05) is 25.7 Å². The zero-order chi connectivity index (χ0) is 14.6. The predicted octanol–water partition coefficient (Wildman–Crippen LogP) is 2.31. The van der Waals surface area contributed by atoms with Crippen LogP contribution in [0.1, 0.15) is 57.8 Å². The lowest BCUT2D eigenvalue weighted by Crippen LogP contribution is -2.54. The van der Waals surface area contributed by atoms with Crippen molar-refractivity contribution in [3.8, 4) is 0 Å². The number of carbonyl (C=O) groups is 1. The molecule has 2 unspecified atom stereocenters. The van der Waals surface area contributed by atoms with E-state index in [-0.39, 0.29) is 35.8 Å². The van der Waals surface area contributed by atoms with Gasteiger partial charge in [-0.15, -0.1) is 12.4 Å². The van der Waals surface area contributed by atoms with Gasteiger partial charge in [0.25, 0.3) is 0 Å². The van der Waals surface area contributed by atoms with Crippen molar-refractivity contribution in [1.29, 1.82) is 0 Å². The monoisotopic (exact) mass is 317 g/mol. The molecule has 3 N–H and O–H groups in total. The van der Waals surface area contributed by atoms with Crippen LogP contribution in [0.2, 0.25) is 0 Å². The normalized spacial score (nSPS) is 28.8. The Morgan fingerprint density at radius 3 is 2.43 bits per heavy atom. The van der Waals surface area contributed by atoms with Crippen LogP contribution in [0.3, 0.4) is 0 Å². The number of hydrogen-bond acceptors (Lipinski definition) is 3. The van der Waals surface area contributed by atoms with Crippen LogP contribution in [0.5, 0.6) is 0 Å². The Labute approximate surface area is 135 Å². The van der Waals surface area contributed by atoms with Crippen molar-refractivity contribution in [2.24, 2.45) is 11.7 Å². The van der Waals surface area contributed by atoms with Crippen LogP contribution in [0.15, 0.2) is 0 Å². The summed E-state index contributed by atoms with van der Waals surface area (Å²) in [5.74, 6) is 0.369. The smallest absolute Gasteiger partial charge is 0.223 e. The number of amides is 1. The van der Waals surface area contributed by atoms with Gasteiger partial charge in [-0.2, -0.15) is 0 Å². The second-order valence-electron chi connectivity index (χ2n) is 7.02. The highest BCUT2D eigenvalue weighted by atomic mass is 35.5. The van der Waals surface area contributed by atoms with Crippen molar-refractivity contribution in [3.63, 3.8) is 0 Å². The molecule has 21 heavy (non-hydrogen) atoms. The van der Waals surface area contributed by atoms with Gasteiger partial charge >= 0.3 is 0 Å². The van der Waals surface area contributed by atoms with Crippen LogP contribution < -0.4 is 11.1 Å². The molecule has 2 atom stereocenters. The minimum atomic E-state index is 0. The zero-order valence-corrected chi connectivity index (χ0v) is 14.4. The highest BCUT2D eigenvalue weighted by Gasteiger charge is 2.35. The van der Waals surface area contributed by atoms with E-state index in [1.54, 1.807) is 0 Å². The molecule has 0 radical (unpaired) electrons. The average molecular weight is 318 g/mol. The van der Waals surface area contributed by atoms with E-state index in [4.69, 9.17) is 5.73 Å². The summed E-state index contributed by atoms with van der Waals surface area (Å²) in [7, 11) is 4.29. The molecule has 2 rings (SSSR count). The number of rotatable bonds is 4. The Morgan fingerprint density at radius 2 is 1.86 bits per heavy atom. The molecule has 0 heterocycles. The number of nitrogens with zero attached hydrogens (tertiary/aromatic N) is 1. The molecule has 0 spiro atoms. The molecule has 2 aliphatic carbocycles. The van der Waals surface area contributed by atoms with Crippen molar-refractivity contribution in [2.75, 3.05) is 20.6 Å². The standard InChI is InChI=1S/C16H31N3O.ClH/c1-19(2)16(9-4-3-5-10-16)12-18-15(20)13-7-6-8-14(17)11-13;/h13-14H,3-12,17H2,1-2H3,(H,18,20);1H. The maximum atomic E-state index is 12.4. The number of likely N-dealkylation sites (N-methyl/N-ethyl adjacent to an activating group) is 1. The minimum Gasteiger partial charge on any atom is -0.354 e. The van der Waals surface area contributed by atoms with Crippen molar-refractivity contribution in [2.45, 2.75) is 69.4 Å². The van der Waals surface area contributed by atoms with Gasteiger partial charge in [0.05, 0.1) is 0 Å². The summed E-state index contributed by atoms with van der Waals surface area (Å²) in [5.41, 5.74) is 6.16. The first kappa shape index (κ1) is 18.7. The molecular weight excluding hydrogens is 286 g/mol. The highest BCUT2D eigenvalue weighted by molar-refractivity contribution is 5.85. The minimum absolute atomic E-state index is 0. The summed E-state index contributed by atoms with van der Waals surface area (Å²) >= 11 is 0. The van der Waals surface area contributed by atoms with E-state index in [2.05, 4.69) is 24.3 Å².